The first-order valence-electron chi connectivity index (χ1n) is 8.20. The van der Waals surface area contributed by atoms with Crippen LogP contribution in [0.1, 0.15) is 6.92 Å². The monoisotopic (exact) mass is 386 g/mol. The molecule has 25 heavy (non-hydrogen) atoms. The Morgan fingerprint density at radius 2 is 1.64 bits per heavy atom. The van der Waals surface area contributed by atoms with Crippen molar-refractivity contribution in [3.05, 3.63) is 30.3 Å². The van der Waals surface area contributed by atoms with Gasteiger partial charge in [0.15, 0.2) is 19.7 Å². The van der Waals surface area contributed by atoms with E-state index in [-0.39, 0.29) is 22.3 Å². The van der Waals surface area contributed by atoms with Gasteiger partial charge in [0.1, 0.15) is 0 Å². The zero-order valence-corrected chi connectivity index (χ0v) is 15.7. The molecule has 0 bridgehead atoms. The van der Waals surface area contributed by atoms with Gasteiger partial charge in [0.2, 0.25) is 5.91 Å². The maximum Gasteiger partial charge on any atom is 0.219 e. The number of piperazine rings is 1. The number of carbonyl (C=O) groups excluding carboxylic acids is 1. The molecular formula is C16H22N2O5S2. The van der Waals surface area contributed by atoms with Crippen molar-refractivity contribution in [3.63, 3.8) is 0 Å². The van der Waals surface area contributed by atoms with Gasteiger partial charge < -0.3 is 4.90 Å². The van der Waals surface area contributed by atoms with Gasteiger partial charge in [0.05, 0.1) is 21.7 Å². The molecule has 2 heterocycles. The third-order valence-electron chi connectivity index (χ3n) is 4.97. The van der Waals surface area contributed by atoms with E-state index in [2.05, 4.69) is 0 Å². The summed E-state index contributed by atoms with van der Waals surface area (Å²) in [6.45, 7) is 3.45. The number of nitrogens with zero attached hydrogens (tertiary/aromatic N) is 2. The van der Waals surface area contributed by atoms with E-state index in [4.69, 9.17) is 0 Å². The lowest BCUT2D eigenvalue weighted by atomic mass is 10.2. The Morgan fingerprint density at radius 3 is 2.20 bits per heavy atom. The summed E-state index contributed by atoms with van der Waals surface area (Å²) in [6, 6.07) is 7.44. The highest BCUT2D eigenvalue weighted by Crippen LogP contribution is 2.29. The van der Waals surface area contributed by atoms with Gasteiger partial charge in [0.25, 0.3) is 0 Å². The molecule has 0 radical (unpaired) electrons. The Hall–Kier alpha value is -1.45. The van der Waals surface area contributed by atoms with E-state index in [1.807, 2.05) is 4.90 Å². The smallest absolute Gasteiger partial charge is 0.219 e. The highest BCUT2D eigenvalue weighted by Gasteiger charge is 2.48. The number of carbonyl (C=O) groups is 1. The van der Waals surface area contributed by atoms with Crippen molar-refractivity contribution in [2.75, 3.05) is 37.7 Å². The zero-order chi connectivity index (χ0) is 18.2. The number of amides is 1. The van der Waals surface area contributed by atoms with Crippen LogP contribution in [0.2, 0.25) is 0 Å². The fourth-order valence-electron chi connectivity index (χ4n) is 3.59. The van der Waals surface area contributed by atoms with Crippen LogP contribution < -0.4 is 0 Å². The quantitative estimate of drug-likeness (QED) is 0.714. The fraction of sp³-hybridized carbons (Fsp3) is 0.562. The summed E-state index contributed by atoms with van der Waals surface area (Å²) in [5.74, 6) is -0.516. The van der Waals surface area contributed by atoms with Crippen LogP contribution in [-0.4, -0.2) is 81.5 Å². The van der Waals surface area contributed by atoms with Crippen molar-refractivity contribution in [2.24, 2.45) is 0 Å². The second-order valence-corrected chi connectivity index (χ2v) is 10.9. The minimum Gasteiger partial charge on any atom is -0.340 e. The SMILES string of the molecule is CC(=O)N1CCN([C@H]2CS(=O)(=O)C[C@@H]2S(=O)(=O)c2ccccc2)CC1. The summed E-state index contributed by atoms with van der Waals surface area (Å²) < 4.78 is 50.4. The Bertz CT molecular complexity index is 844. The van der Waals surface area contributed by atoms with Crippen molar-refractivity contribution in [3.8, 4) is 0 Å². The first kappa shape index (κ1) is 18.3. The molecule has 0 spiro atoms. The van der Waals surface area contributed by atoms with Gasteiger partial charge >= 0.3 is 0 Å². The highest BCUT2D eigenvalue weighted by atomic mass is 32.2. The Labute approximate surface area is 148 Å². The van der Waals surface area contributed by atoms with Gasteiger partial charge in [-0.15, -0.1) is 0 Å². The number of benzene rings is 1. The van der Waals surface area contributed by atoms with Crippen LogP contribution in [0.25, 0.3) is 0 Å². The second-order valence-electron chi connectivity index (χ2n) is 6.58. The molecule has 0 aromatic heterocycles. The van der Waals surface area contributed by atoms with Crippen LogP contribution in [0.3, 0.4) is 0 Å². The second kappa shape index (κ2) is 6.69. The third kappa shape index (κ3) is 3.73. The summed E-state index contributed by atoms with van der Waals surface area (Å²) in [5.41, 5.74) is 0. The molecule has 2 fully saturated rings. The molecule has 0 N–H and O–H groups in total. The molecule has 1 aromatic carbocycles. The largest absolute Gasteiger partial charge is 0.340 e. The minimum atomic E-state index is -3.74. The van der Waals surface area contributed by atoms with E-state index in [1.165, 1.54) is 19.1 Å². The van der Waals surface area contributed by atoms with Gasteiger partial charge in [-0.3, -0.25) is 9.69 Å². The van der Waals surface area contributed by atoms with Crippen LogP contribution in [0.4, 0.5) is 0 Å². The molecule has 1 amide bonds. The van der Waals surface area contributed by atoms with Crippen LogP contribution in [0.15, 0.2) is 35.2 Å². The Morgan fingerprint density at radius 1 is 1.04 bits per heavy atom. The van der Waals surface area contributed by atoms with Crippen LogP contribution in [0, 0.1) is 0 Å². The maximum atomic E-state index is 13.0. The predicted molar refractivity (Wildman–Crippen MR) is 93.7 cm³/mol. The van der Waals surface area contributed by atoms with Crippen molar-refractivity contribution in [2.45, 2.75) is 23.1 Å². The molecule has 2 aliphatic rings. The topological polar surface area (TPSA) is 91.8 Å². The summed E-state index contributed by atoms with van der Waals surface area (Å²) in [6.07, 6.45) is 0. The molecule has 9 heteroatoms. The number of hydrogen-bond donors (Lipinski definition) is 0. The number of rotatable bonds is 3. The summed E-state index contributed by atoms with van der Waals surface area (Å²) >= 11 is 0. The average Bonchev–Trinajstić information content (AvgIpc) is 2.92. The van der Waals surface area contributed by atoms with Crippen molar-refractivity contribution >= 4 is 25.6 Å². The zero-order valence-electron chi connectivity index (χ0n) is 14.0. The summed E-state index contributed by atoms with van der Waals surface area (Å²) in [4.78, 5) is 15.2. The van der Waals surface area contributed by atoms with Gasteiger partial charge in [0, 0.05) is 39.1 Å². The van der Waals surface area contributed by atoms with Crippen LogP contribution >= 0.6 is 0 Å². The highest BCUT2D eigenvalue weighted by molar-refractivity contribution is 7.96. The van der Waals surface area contributed by atoms with E-state index in [9.17, 15) is 21.6 Å². The Kier molecular flexibility index (Phi) is 4.91. The minimum absolute atomic E-state index is 0.0212. The van der Waals surface area contributed by atoms with Crippen LogP contribution in [0.5, 0.6) is 0 Å². The van der Waals surface area contributed by atoms with Gasteiger partial charge in [-0.05, 0) is 12.1 Å². The lowest BCUT2D eigenvalue weighted by Gasteiger charge is -2.39. The molecule has 2 atom stereocenters. The predicted octanol–water partition coefficient (Wildman–Crippen LogP) is -0.210. The van der Waals surface area contributed by atoms with Crippen molar-refractivity contribution in [1.29, 1.82) is 0 Å². The van der Waals surface area contributed by atoms with E-state index in [0.717, 1.165) is 0 Å². The van der Waals surface area contributed by atoms with E-state index < -0.39 is 31.0 Å². The van der Waals surface area contributed by atoms with E-state index in [1.54, 1.807) is 23.1 Å². The number of sulfone groups is 2. The molecule has 2 aliphatic heterocycles. The summed E-state index contributed by atoms with van der Waals surface area (Å²) in [7, 11) is -7.16. The normalized spacial score (nSPS) is 27.3. The Balaban J connectivity index is 1.86. The lowest BCUT2D eigenvalue weighted by molar-refractivity contribution is -0.130. The van der Waals surface area contributed by atoms with E-state index >= 15 is 0 Å². The molecule has 0 aliphatic carbocycles. The molecule has 138 valence electrons. The molecular weight excluding hydrogens is 364 g/mol. The molecule has 3 rings (SSSR count). The summed E-state index contributed by atoms with van der Waals surface area (Å²) in [5, 5.41) is -0.969. The standard InChI is InChI=1S/C16H22N2O5S2/c1-13(19)17-7-9-18(10-8-17)15-11-24(20,21)12-16(15)25(22,23)14-5-3-2-4-6-14/h2-6,15-16H,7-12H2,1H3/t15-,16-/m0/s1. The molecule has 0 saturated carbocycles. The van der Waals surface area contributed by atoms with Gasteiger partial charge in [-0.2, -0.15) is 0 Å². The molecule has 0 unspecified atom stereocenters. The third-order valence-corrected chi connectivity index (χ3v) is 9.11. The fourth-order valence-corrected chi connectivity index (χ4v) is 8.44. The lowest BCUT2D eigenvalue weighted by Crippen LogP contribution is -2.55. The maximum absolute atomic E-state index is 13.0. The van der Waals surface area contributed by atoms with Crippen molar-refractivity contribution in [1.82, 2.24) is 9.80 Å². The molecule has 2 saturated heterocycles. The average molecular weight is 386 g/mol. The molecule has 1 aromatic rings. The van der Waals surface area contributed by atoms with Crippen molar-refractivity contribution < 1.29 is 21.6 Å². The first-order valence-corrected chi connectivity index (χ1v) is 11.6. The van der Waals surface area contributed by atoms with Gasteiger partial charge in [-0.25, -0.2) is 16.8 Å². The van der Waals surface area contributed by atoms with E-state index in [0.29, 0.717) is 26.2 Å². The molecule has 7 nitrogen and oxygen atoms in total. The first-order chi connectivity index (χ1) is 11.7. The van der Waals surface area contributed by atoms with Crippen LogP contribution in [-0.2, 0) is 24.5 Å². The number of hydrogen-bond acceptors (Lipinski definition) is 6. The van der Waals surface area contributed by atoms with Gasteiger partial charge in [-0.1, -0.05) is 18.2 Å².